The average Bonchev–Trinajstić information content (AvgIpc) is 2.70. The smallest absolute Gasteiger partial charge is 0.330 e. The van der Waals surface area contributed by atoms with Crippen molar-refractivity contribution in [3.63, 3.8) is 0 Å². The van der Waals surface area contributed by atoms with E-state index in [1.807, 2.05) is 6.07 Å². The molecule has 4 rings (SSSR count). The minimum atomic E-state index is -4.50. The third-order valence-corrected chi connectivity index (χ3v) is 5.19. The predicted octanol–water partition coefficient (Wildman–Crippen LogP) is 2.75. The van der Waals surface area contributed by atoms with E-state index in [4.69, 9.17) is 0 Å². The summed E-state index contributed by atoms with van der Waals surface area (Å²) in [6, 6.07) is 11.1. The summed E-state index contributed by atoms with van der Waals surface area (Å²) in [5.74, 6) is -1.55. The minimum Gasteiger partial charge on any atom is -0.330 e. The van der Waals surface area contributed by atoms with Crippen molar-refractivity contribution in [3.8, 4) is 0 Å². The molecule has 0 saturated carbocycles. The summed E-state index contributed by atoms with van der Waals surface area (Å²) in [4.78, 5) is 38.7. The van der Waals surface area contributed by atoms with Crippen molar-refractivity contribution in [2.24, 2.45) is 5.92 Å². The van der Waals surface area contributed by atoms with Crippen molar-refractivity contribution in [1.29, 1.82) is 0 Å². The Kier molecular flexibility index (Phi) is 4.84. The van der Waals surface area contributed by atoms with Crippen LogP contribution in [0.25, 0.3) is 0 Å². The first-order chi connectivity index (χ1) is 14.2. The van der Waals surface area contributed by atoms with E-state index in [0.717, 1.165) is 17.7 Å². The number of hydrogen-bond donors (Lipinski definition) is 3. The first-order valence-electron chi connectivity index (χ1n) is 9.13. The Hall–Kier alpha value is -3.56. The van der Waals surface area contributed by atoms with Crippen LogP contribution in [-0.4, -0.2) is 29.0 Å². The molecule has 0 aromatic heterocycles. The Morgan fingerprint density at radius 2 is 1.57 bits per heavy atom. The molecule has 2 heterocycles. The highest BCUT2D eigenvalue weighted by Gasteiger charge is 2.50. The standard InChI is InChI=1S/C20H17F3N4O3/c21-20(22,23)13-8-6-12(7-9-13)15-14-16(25-18(29)24-15)27(19(30)26-17(14)28)10-11-4-2-1-3-5-11/h1-9,14-16H,10H2,(H2,24,25,29)(H,26,28,30). The fraction of sp³-hybridized carbons (Fsp3) is 0.250. The second kappa shape index (κ2) is 7.36. The lowest BCUT2D eigenvalue weighted by molar-refractivity contribution is -0.137. The molecule has 10 heteroatoms. The van der Waals surface area contributed by atoms with Gasteiger partial charge in [0, 0.05) is 6.54 Å². The number of nitrogens with zero attached hydrogens (tertiary/aromatic N) is 1. The van der Waals surface area contributed by atoms with Gasteiger partial charge in [0.05, 0.1) is 11.6 Å². The number of alkyl halides is 3. The van der Waals surface area contributed by atoms with E-state index in [-0.39, 0.29) is 6.54 Å². The minimum absolute atomic E-state index is 0.140. The Labute approximate surface area is 169 Å². The molecule has 5 amide bonds. The van der Waals surface area contributed by atoms with Crippen LogP contribution in [-0.2, 0) is 17.5 Å². The number of rotatable bonds is 3. The van der Waals surface area contributed by atoms with Crippen LogP contribution in [0.4, 0.5) is 22.8 Å². The highest BCUT2D eigenvalue weighted by Crippen LogP contribution is 2.35. The summed E-state index contributed by atoms with van der Waals surface area (Å²) in [6.45, 7) is 0.140. The summed E-state index contributed by atoms with van der Waals surface area (Å²) in [7, 11) is 0. The molecule has 2 fully saturated rings. The number of nitrogens with one attached hydrogen (secondary N) is 3. The summed E-state index contributed by atoms with van der Waals surface area (Å²) in [6.07, 6.45) is -5.45. The van der Waals surface area contributed by atoms with Crippen molar-refractivity contribution in [2.75, 3.05) is 0 Å². The molecule has 3 N–H and O–H groups in total. The lowest BCUT2D eigenvalue weighted by atomic mass is 9.85. The molecule has 2 aliphatic heterocycles. The molecule has 0 aliphatic carbocycles. The summed E-state index contributed by atoms with van der Waals surface area (Å²) < 4.78 is 38.6. The first-order valence-corrected chi connectivity index (χ1v) is 9.13. The van der Waals surface area contributed by atoms with Gasteiger partial charge in [-0.25, -0.2) is 9.59 Å². The Morgan fingerprint density at radius 3 is 2.20 bits per heavy atom. The Balaban J connectivity index is 1.66. The van der Waals surface area contributed by atoms with Gasteiger partial charge in [-0.1, -0.05) is 42.5 Å². The second-order valence-electron chi connectivity index (χ2n) is 7.09. The Bertz CT molecular complexity index is 979. The SMILES string of the molecule is O=C1NC(c2ccc(C(F)(F)F)cc2)C2C(=O)NC(=O)N(Cc3ccccc3)C2N1. The lowest BCUT2D eigenvalue weighted by Gasteiger charge is -2.46. The normalized spacial score (nSPS) is 23.9. The van der Waals surface area contributed by atoms with Crippen LogP contribution >= 0.6 is 0 Å². The molecule has 0 radical (unpaired) electrons. The number of imide groups is 1. The zero-order valence-electron chi connectivity index (χ0n) is 15.4. The van der Waals surface area contributed by atoms with Gasteiger partial charge < -0.3 is 10.6 Å². The van der Waals surface area contributed by atoms with Gasteiger partial charge in [-0.2, -0.15) is 13.2 Å². The van der Waals surface area contributed by atoms with E-state index in [1.165, 1.54) is 17.0 Å². The van der Waals surface area contributed by atoms with Crippen molar-refractivity contribution in [1.82, 2.24) is 20.9 Å². The van der Waals surface area contributed by atoms with Gasteiger partial charge in [0.15, 0.2) is 0 Å². The van der Waals surface area contributed by atoms with Gasteiger partial charge in [-0.05, 0) is 23.3 Å². The van der Waals surface area contributed by atoms with Crippen molar-refractivity contribution in [2.45, 2.75) is 24.9 Å². The molecular weight excluding hydrogens is 401 g/mol. The quantitative estimate of drug-likeness (QED) is 0.716. The fourth-order valence-electron chi connectivity index (χ4n) is 3.75. The zero-order valence-corrected chi connectivity index (χ0v) is 15.4. The van der Waals surface area contributed by atoms with Gasteiger partial charge in [0.25, 0.3) is 0 Å². The number of amides is 5. The number of urea groups is 2. The van der Waals surface area contributed by atoms with Gasteiger partial charge in [-0.15, -0.1) is 0 Å². The molecule has 2 aromatic rings. The molecule has 0 spiro atoms. The molecule has 3 atom stereocenters. The van der Waals surface area contributed by atoms with E-state index in [1.54, 1.807) is 24.3 Å². The maximum Gasteiger partial charge on any atom is 0.416 e. The van der Waals surface area contributed by atoms with Crippen LogP contribution < -0.4 is 16.0 Å². The fourth-order valence-corrected chi connectivity index (χ4v) is 3.75. The maximum atomic E-state index is 12.9. The van der Waals surface area contributed by atoms with Crippen LogP contribution in [0.15, 0.2) is 54.6 Å². The summed E-state index contributed by atoms with van der Waals surface area (Å²) in [5.41, 5.74) is 0.286. The third-order valence-electron chi connectivity index (χ3n) is 5.19. The highest BCUT2D eigenvalue weighted by atomic mass is 19.4. The van der Waals surface area contributed by atoms with Gasteiger partial charge in [0.1, 0.15) is 12.1 Å². The number of benzene rings is 2. The topological polar surface area (TPSA) is 90.5 Å². The van der Waals surface area contributed by atoms with Crippen molar-refractivity contribution >= 4 is 18.0 Å². The van der Waals surface area contributed by atoms with Gasteiger partial charge in [0.2, 0.25) is 5.91 Å². The number of carbonyl (C=O) groups is 3. The van der Waals surface area contributed by atoms with Crippen LogP contribution in [0.1, 0.15) is 22.7 Å². The van der Waals surface area contributed by atoms with E-state index in [2.05, 4.69) is 16.0 Å². The second-order valence-corrected chi connectivity index (χ2v) is 7.09. The van der Waals surface area contributed by atoms with E-state index in [9.17, 15) is 27.6 Å². The zero-order chi connectivity index (χ0) is 21.5. The largest absolute Gasteiger partial charge is 0.416 e. The summed E-state index contributed by atoms with van der Waals surface area (Å²) >= 11 is 0. The molecule has 156 valence electrons. The Morgan fingerprint density at radius 1 is 0.900 bits per heavy atom. The van der Waals surface area contributed by atoms with Gasteiger partial charge >= 0.3 is 18.2 Å². The molecule has 2 aromatic carbocycles. The predicted molar refractivity (Wildman–Crippen MR) is 98.7 cm³/mol. The van der Waals surface area contributed by atoms with Crippen LogP contribution in [0, 0.1) is 5.92 Å². The van der Waals surface area contributed by atoms with Crippen molar-refractivity contribution < 1.29 is 27.6 Å². The number of carbonyl (C=O) groups excluding carboxylic acids is 3. The van der Waals surface area contributed by atoms with Crippen LogP contribution in [0.3, 0.4) is 0 Å². The molecule has 0 bridgehead atoms. The monoisotopic (exact) mass is 418 g/mol. The van der Waals surface area contributed by atoms with Crippen molar-refractivity contribution in [3.05, 3.63) is 71.3 Å². The molecule has 7 nitrogen and oxygen atoms in total. The lowest BCUT2D eigenvalue weighted by Crippen LogP contribution is -2.71. The van der Waals surface area contributed by atoms with E-state index < -0.39 is 47.8 Å². The van der Waals surface area contributed by atoms with E-state index in [0.29, 0.717) is 5.56 Å². The van der Waals surface area contributed by atoms with Gasteiger partial charge in [-0.3, -0.25) is 15.0 Å². The number of hydrogen-bond acceptors (Lipinski definition) is 3. The highest BCUT2D eigenvalue weighted by molar-refractivity contribution is 6.00. The van der Waals surface area contributed by atoms with Crippen LogP contribution in [0.5, 0.6) is 0 Å². The third kappa shape index (κ3) is 3.68. The molecule has 2 aliphatic rings. The molecule has 2 saturated heterocycles. The molecule has 3 unspecified atom stereocenters. The van der Waals surface area contributed by atoms with E-state index >= 15 is 0 Å². The van der Waals surface area contributed by atoms with Crippen LogP contribution in [0.2, 0.25) is 0 Å². The molecule has 30 heavy (non-hydrogen) atoms. The number of fused-ring (bicyclic) bond motifs is 1. The average molecular weight is 418 g/mol. The molecular formula is C20H17F3N4O3. The number of halogens is 3. The summed E-state index contributed by atoms with van der Waals surface area (Å²) in [5, 5.41) is 7.46. The first kappa shape index (κ1) is 19.7. The maximum absolute atomic E-state index is 12.9.